The third kappa shape index (κ3) is 11.5. The number of hydrogen-bond donors (Lipinski definition) is 0. The summed E-state index contributed by atoms with van der Waals surface area (Å²) < 4.78 is 10.6. The van der Waals surface area contributed by atoms with Crippen LogP contribution in [0.25, 0.3) is 0 Å². The summed E-state index contributed by atoms with van der Waals surface area (Å²) in [6, 6.07) is 0. The predicted octanol–water partition coefficient (Wildman–Crippen LogP) is 6.07. The minimum atomic E-state index is -0.360. The van der Waals surface area contributed by atoms with Gasteiger partial charge >= 0.3 is 11.9 Å². The van der Waals surface area contributed by atoms with Gasteiger partial charge in [0.15, 0.2) is 0 Å². The van der Waals surface area contributed by atoms with E-state index in [0.29, 0.717) is 13.2 Å². The molecule has 2 unspecified atom stereocenters. The molecule has 154 valence electrons. The van der Waals surface area contributed by atoms with Crippen molar-refractivity contribution in [3.8, 4) is 0 Å². The van der Waals surface area contributed by atoms with Gasteiger partial charge in [-0.3, -0.25) is 9.59 Å². The van der Waals surface area contributed by atoms with Gasteiger partial charge < -0.3 is 9.47 Å². The van der Waals surface area contributed by atoms with E-state index in [9.17, 15) is 9.59 Å². The van der Waals surface area contributed by atoms with E-state index in [1.807, 2.05) is 13.8 Å². The van der Waals surface area contributed by atoms with Gasteiger partial charge in [-0.05, 0) is 26.7 Å². The van der Waals surface area contributed by atoms with Crippen LogP contribution in [0.2, 0.25) is 0 Å². The average Bonchev–Trinajstić information content (AvgIpc) is 2.62. The summed E-state index contributed by atoms with van der Waals surface area (Å²) in [5, 5.41) is 0. The van der Waals surface area contributed by atoms with Gasteiger partial charge in [0, 0.05) is 0 Å². The summed E-state index contributed by atoms with van der Waals surface area (Å²) in [4.78, 5) is 25.0. The van der Waals surface area contributed by atoms with E-state index in [2.05, 4.69) is 13.8 Å². The smallest absolute Gasteiger partial charge is 0.309 e. The Morgan fingerprint density at radius 3 is 1.31 bits per heavy atom. The van der Waals surface area contributed by atoms with E-state index < -0.39 is 0 Å². The van der Waals surface area contributed by atoms with Gasteiger partial charge in [0.05, 0.1) is 25.0 Å². The summed E-state index contributed by atoms with van der Waals surface area (Å²) in [7, 11) is 0. The van der Waals surface area contributed by atoms with Crippen molar-refractivity contribution in [2.45, 2.75) is 105 Å². The standard InChI is InChI=1S/C22H42O4/c1-5-9-11-13-14-16-18-20(22(24)26-8-4)19(21(23)25-7-3)17-15-12-10-6-2/h19-20H,5-18H2,1-4H3. The fourth-order valence-corrected chi connectivity index (χ4v) is 3.40. The van der Waals surface area contributed by atoms with Gasteiger partial charge in [-0.2, -0.15) is 0 Å². The first-order valence-corrected chi connectivity index (χ1v) is 10.9. The molecule has 0 radical (unpaired) electrons. The van der Waals surface area contributed by atoms with Crippen LogP contribution in [-0.2, 0) is 19.1 Å². The van der Waals surface area contributed by atoms with Crippen molar-refractivity contribution in [2.24, 2.45) is 11.8 Å². The van der Waals surface area contributed by atoms with Crippen molar-refractivity contribution in [3.63, 3.8) is 0 Å². The molecule has 0 fully saturated rings. The quantitative estimate of drug-likeness (QED) is 0.230. The molecule has 0 saturated heterocycles. The molecule has 0 aromatic rings. The minimum absolute atomic E-state index is 0.227. The molecule has 26 heavy (non-hydrogen) atoms. The molecule has 0 aliphatic carbocycles. The normalized spacial score (nSPS) is 13.2. The SMILES string of the molecule is CCCCCCCCC(C(=O)OCC)C(CCCCCC)C(=O)OCC. The van der Waals surface area contributed by atoms with Gasteiger partial charge in [-0.15, -0.1) is 0 Å². The molecule has 0 spiro atoms. The first kappa shape index (κ1) is 24.9. The predicted molar refractivity (Wildman–Crippen MR) is 107 cm³/mol. The van der Waals surface area contributed by atoms with Crippen LogP contribution in [0.3, 0.4) is 0 Å². The molecule has 0 aromatic carbocycles. The third-order valence-corrected chi connectivity index (χ3v) is 4.90. The van der Waals surface area contributed by atoms with Crippen molar-refractivity contribution in [1.29, 1.82) is 0 Å². The lowest BCUT2D eigenvalue weighted by molar-refractivity contribution is -0.161. The van der Waals surface area contributed by atoms with Gasteiger partial charge in [-0.1, -0.05) is 78.1 Å². The highest BCUT2D eigenvalue weighted by molar-refractivity contribution is 5.82. The largest absolute Gasteiger partial charge is 0.466 e. The maximum Gasteiger partial charge on any atom is 0.309 e. The average molecular weight is 371 g/mol. The van der Waals surface area contributed by atoms with Crippen molar-refractivity contribution < 1.29 is 19.1 Å². The maximum absolute atomic E-state index is 12.5. The molecule has 0 saturated carbocycles. The Bertz CT molecular complexity index is 354. The zero-order valence-electron chi connectivity index (χ0n) is 17.7. The van der Waals surface area contributed by atoms with E-state index in [0.717, 1.165) is 51.4 Å². The monoisotopic (exact) mass is 370 g/mol. The van der Waals surface area contributed by atoms with Crippen LogP contribution < -0.4 is 0 Å². The third-order valence-electron chi connectivity index (χ3n) is 4.90. The molecule has 0 aliphatic heterocycles. The second-order valence-electron chi connectivity index (χ2n) is 7.12. The van der Waals surface area contributed by atoms with Crippen LogP contribution in [0.5, 0.6) is 0 Å². The minimum Gasteiger partial charge on any atom is -0.466 e. The van der Waals surface area contributed by atoms with Crippen molar-refractivity contribution >= 4 is 11.9 Å². The summed E-state index contributed by atoms with van der Waals surface area (Å²) in [6.07, 6.45) is 12.9. The number of carbonyl (C=O) groups excluding carboxylic acids is 2. The molecule has 0 amide bonds. The molecule has 0 aliphatic rings. The number of carbonyl (C=O) groups is 2. The van der Waals surface area contributed by atoms with E-state index >= 15 is 0 Å². The first-order chi connectivity index (χ1) is 12.6. The number of esters is 2. The number of hydrogen-bond acceptors (Lipinski definition) is 4. The van der Waals surface area contributed by atoms with Crippen LogP contribution in [0.15, 0.2) is 0 Å². The second-order valence-corrected chi connectivity index (χ2v) is 7.12. The van der Waals surface area contributed by atoms with Gasteiger partial charge in [0.2, 0.25) is 0 Å². The highest BCUT2D eigenvalue weighted by Crippen LogP contribution is 2.28. The Morgan fingerprint density at radius 2 is 0.923 bits per heavy atom. The van der Waals surface area contributed by atoms with Crippen molar-refractivity contribution in [2.75, 3.05) is 13.2 Å². The number of ether oxygens (including phenoxy) is 2. The van der Waals surface area contributed by atoms with Crippen LogP contribution in [0.1, 0.15) is 105 Å². The zero-order chi connectivity index (χ0) is 19.6. The molecule has 2 atom stereocenters. The van der Waals surface area contributed by atoms with Crippen molar-refractivity contribution in [3.05, 3.63) is 0 Å². The number of unbranched alkanes of at least 4 members (excludes halogenated alkanes) is 8. The lowest BCUT2D eigenvalue weighted by Gasteiger charge is -2.24. The van der Waals surface area contributed by atoms with Crippen LogP contribution in [0, 0.1) is 11.8 Å². The summed E-state index contributed by atoms with van der Waals surface area (Å²) in [6.45, 7) is 8.73. The van der Waals surface area contributed by atoms with E-state index in [-0.39, 0.29) is 23.8 Å². The Kier molecular flexibility index (Phi) is 16.7. The van der Waals surface area contributed by atoms with Crippen LogP contribution >= 0.6 is 0 Å². The van der Waals surface area contributed by atoms with Crippen LogP contribution in [0.4, 0.5) is 0 Å². The fourth-order valence-electron chi connectivity index (χ4n) is 3.40. The molecule has 4 heteroatoms. The summed E-state index contributed by atoms with van der Waals surface area (Å²) in [5.41, 5.74) is 0. The van der Waals surface area contributed by atoms with E-state index in [1.54, 1.807) is 0 Å². The molecule has 0 rings (SSSR count). The highest BCUT2D eigenvalue weighted by Gasteiger charge is 2.34. The van der Waals surface area contributed by atoms with Gasteiger partial charge in [0.1, 0.15) is 0 Å². The molecule has 0 N–H and O–H groups in total. The second kappa shape index (κ2) is 17.4. The molecule has 0 bridgehead atoms. The Hall–Kier alpha value is -1.06. The first-order valence-electron chi connectivity index (χ1n) is 10.9. The Balaban J connectivity index is 4.81. The molecule has 0 aromatic heterocycles. The summed E-state index contributed by atoms with van der Waals surface area (Å²) in [5.74, 6) is -1.18. The van der Waals surface area contributed by atoms with Gasteiger partial charge in [0.25, 0.3) is 0 Å². The molecule has 4 nitrogen and oxygen atoms in total. The van der Waals surface area contributed by atoms with E-state index in [1.165, 1.54) is 25.7 Å². The molecule has 0 heterocycles. The zero-order valence-corrected chi connectivity index (χ0v) is 17.7. The van der Waals surface area contributed by atoms with E-state index in [4.69, 9.17) is 9.47 Å². The fraction of sp³-hybridized carbons (Fsp3) is 0.909. The Labute approximate surface area is 161 Å². The lowest BCUT2D eigenvalue weighted by atomic mass is 9.83. The number of rotatable bonds is 17. The summed E-state index contributed by atoms with van der Waals surface area (Å²) >= 11 is 0. The topological polar surface area (TPSA) is 52.6 Å². The molecular formula is C22H42O4. The van der Waals surface area contributed by atoms with Gasteiger partial charge in [-0.25, -0.2) is 0 Å². The van der Waals surface area contributed by atoms with Crippen molar-refractivity contribution in [1.82, 2.24) is 0 Å². The van der Waals surface area contributed by atoms with Crippen LogP contribution in [-0.4, -0.2) is 25.2 Å². The lowest BCUT2D eigenvalue weighted by Crippen LogP contribution is -2.33. The Morgan fingerprint density at radius 1 is 0.577 bits per heavy atom. The molecular weight excluding hydrogens is 328 g/mol. The maximum atomic E-state index is 12.5. The highest BCUT2D eigenvalue weighted by atomic mass is 16.5.